The summed E-state index contributed by atoms with van der Waals surface area (Å²) in [5, 5.41) is 9.91. The second-order valence-electron chi connectivity index (χ2n) is 1.84. The van der Waals surface area contributed by atoms with Crippen molar-refractivity contribution in [2.45, 2.75) is 0 Å². The zero-order chi connectivity index (χ0) is 8.27. The third-order valence-electron chi connectivity index (χ3n) is 1.09. The van der Waals surface area contributed by atoms with Crippen molar-refractivity contribution in [1.82, 2.24) is 4.98 Å². The summed E-state index contributed by atoms with van der Waals surface area (Å²) in [6, 6.07) is 1.85. The van der Waals surface area contributed by atoms with E-state index in [2.05, 4.69) is 27.6 Å². The minimum Gasteiger partial charge on any atom is -0.361 e. The van der Waals surface area contributed by atoms with Gasteiger partial charge in [0.2, 0.25) is 6.20 Å². The van der Waals surface area contributed by atoms with Crippen LogP contribution in [0, 0.1) is 13.7 Å². The summed E-state index contributed by atoms with van der Waals surface area (Å²) in [7, 11) is 0. The van der Waals surface area contributed by atoms with E-state index in [1.54, 1.807) is 6.20 Å². The lowest BCUT2D eigenvalue weighted by Crippen LogP contribution is -1.83. The molecule has 1 aromatic heterocycles. The quantitative estimate of drug-likeness (QED) is 0.503. The molecule has 0 amide bonds. The normalized spacial score (nSPS) is 10.6. The van der Waals surface area contributed by atoms with E-state index in [1.165, 1.54) is 6.08 Å². The molecule has 0 aliphatic heterocycles. The highest BCUT2D eigenvalue weighted by Crippen LogP contribution is 2.10. The number of aromatic amines is 1. The number of rotatable bonds is 2. The van der Waals surface area contributed by atoms with Crippen LogP contribution in [0.3, 0.4) is 0 Å². The number of hydrogen-bond acceptors (Lipinski definition) is 2. The molecule has 4 nitrogen and oxygen atoms in total. The predicted molar refractivity (Wildman–Crippen MR) is 49.5 cm³/mol. The topological polar surface area (TPSA) is 58.9 Å². The molecule has 1 rings (SSSR count). The summed E-state index contributed by atoms with van der Waals surface area (Å²) in [6.07, 6.45) is 4.08. The predicted octanol–water partition coefficient (Wildman–Crippen LogP) is 1.87. The van der Waals surface area contributed by atoms with Crippen LogP contribution in [0.15, 0.2) is 18.5 Å². The molecule has 0 bridgehead atoms. The zero-order valence-electron chi connectivity index (χ0n) is 5.45. The molecule has 1 heterocycles. The van der Waals surface area contributed by atoms with Gasteiger partial charge < -0.3 is 4.98 Å². The van der Waals surface area contributed by atoms with Gasteiger partial charge in [-0.25, -0.2) is 0 Å². The largest absolute Gasteiger partial charge is 0.361 e. The van der Waals surface area contributed by atoms with E-state index in [0.717, 1.165) is 15.5 Å². The molecule has 0 saturated carbocycles. The molecule has 0 unspecified atom stereocenters. The Morgan fingerprint density at radius 3 is 2.91 bits per heavy atom. The lowest BCUT2D eigenvalue weighted by molar-refractivity contribution is -0.401. The van der Waals surface area contributed by atoms with Gasteiger partial charge in [0.15, 0.2) is 0 Å². The van der Waals surface area contributed by atoms with Gasteiger partial charge in [-0.1, -0.05) is 0 Å². The molecular formula is C6H5IN2O2. The summed E-state index contributed by atoms with van der Waals surface area (Å²) in [5.74, 6) is 0. The summed E-state index contributed by atoms with van der Waals surface area (Å²) >= 11 is 2.10. The third-order valence-corrected chi connectivity index (χ3v) is 2.03. The first-order valence-electron chi connectivity index (χ1n) is 2.85. The Labute approximate surface area is 76.6 Å². The molecule has 1 aromatic rings. The maximum Gasteiger partial charge on any atom is 0.236 e. The number of nitro groups is 1. The van der Waals surface area contributed by atoms with Gasteiger partial charge in [-0.2, -0.15) is 0 Å². The number of nitrogens with zero attached hydrogens (tertiary/aromatic N) is 1. The molecule has 0 spiro atoms. The molecule has 0 aliphatic rings. The number of nitrogens with one attached hydrogen (secondary N) is 1. The van der Waals surface area contributed by atoms with Gasteiger partial charge in [-0.3, -0.25) is 10.1 Å². The SMILES string of the molecule is O=[N+]([O-])C=Cc1[nH]ccc1I. The van der Waals surface area contributed by atoms with E-state index >= 15 is 0 Å². The molecule has 0 aromatic carbocycles. The lowest BCUT2D eigenvalue weighted by Gasteiger charge is -1.84. The van der Waals surface area contributed by atoms with Crippen molar-refractivity contribution in [3.8, 4) is 0 Å². The van der Waals surface area contributed by atoms with E-state index in [1.807, 2.05) is 6.07 Å². The van der Waals surface area contributed by atoms with E-state index in [-0.39, 0.29) is 0 Å². The molecule has 0 saturated heterocycles. The Morgan fingerprint density at radius 1 is 1.73 bits per heavy atom. The summed E-state index contributed by atoms with van der Waals surface area (Å²) in [6.45, 7) is 0. The van der Waals surface area contributed by atoms with E-state index in [9.17, 15) is 10.1 Å². The first kappa shape index (κ1) is 8.25. The van der Waals surface area contributed by atoms with Crippen molar-refractivity contribution in [1.29, 1.82) is 0 Å². The summed E-state index contributed by atoms with van der Waals surface area (Å²) in [4.78, 5) is 12.3. The van der Waals surface area contributed by atoms with Crippen LogP contribution in [-0.4, -0.2) is 9.91 Å². The Morgan fingerprint density at radius 2 is 2.45 bits per heavy atom. The highest BCUT2D eigenvalue weighted by molar-refractivity contribution is 14.1. The standard InChI is InChI=1S/C6H5IN2O2/c7-5-1-3-8-6(5)2-4-9(10)11/h1-4,8H. The van der Waals surface area contributed by atoms with Crippen LogP contribution in [0.2, 0.25) is 0 Å². The highest BCUT2D eigenvalue weighted by Gasteiger charge is 1.96. The minimum absolute atomic E-state index is 0.489. The molecule has 0 atom stereocenters. The molecule has 0 fully saturated rings. The fourth-order valence-corrected chi connectivity index (χ4v) is 1.14. The van der Waals surface area contributed by atoms with Crippen molar-refractivity contribution in [2.75, 3.05) is 0 Å². The second kappa shape index (κ2) is 3.51. The van der Waals surface area contributed by atoms with Crippen LogP contribution < -0.4 is 0 Å². The Bertz CT molecular complexity index is 293. The second-order valence-corrected chi connectivity index (χ2v) is 3.00. The van der Waals surface area contributed by atoms with Gasteiger partial charge in [0.1, 0.15) is 0 Å². The first-order chi connectivity index (χ1) is 5.20. The Hall–Kier alpha value is -0.850. The maximum absolute atomic E-state index is 9.91. The summed E-state index contributed by atoms with van der Waals surface area (Å²) < 4.78 is 0.973. The van der Waals surface area contributed by atoms with Crippen molar-refractivity contribution in [2.24, 2.45) is 0 Å². The van der Waals surface area contributed by atoms with Gasteiger partial charge in [-0.15, -0.1) is 0 Å². The van der Waals surface area contributed by atoms with Crippen molar-refractivity contribution in [3.63, 3.8) is 0 Å². The zero-order valence-corrected chi connectivity index (χ0v) is 7.61. The molecule has 0 radical (unpaired) electrons. The van der Waals surface area contributed by atoms with Crippen LogP contribution in [0.25, 0.3) is 6.08 Å². The number of halogens is 1. The van der Waals surface area contributed by atoms with E-state index in [4.69, 9.17) is 0 Å². The molecule has 0 aliphatic carbocycles. The number of H-pyrrole nitrogens is 1. The minimum atomic E-state index is -0.489. The van der Waals surface area contributed by atoms with Gasteiger partial charge in [0.05, 0.1) is 10.6 Å². The van der Waals surface area contributed by atoms with Crippen molar-refractivity contribution in [3.05, 3.63) is 37.8 Å². The fraction of sp³-hybridized carbons (Fsp3) is 0. The van der Waals surface area contributed by atoms with Crippen LogP contribution in [-0.2, 0) is 0 Å². The molecule has 11 heavy (non-hydrogen) atoms. The van der Waals surface area contributed by atoms with Crippen LogP contribution in [0.1, 0.15) is 5.69 Å². The summed E-state index contributed by atoms with van der Waals surface area (Å²) in [5.41, 5.74) is 0.766. The van der Waals surface area contributed by atoms with Gasteiger partial charge in [-0.05, 0) is 28.7 Å². The Balaban J connectivity index is 2.79. The Kier molecular flexibility index (Phi) is 2.64. The smallest absolute Gasteiger partial charge is 0.236 e. The molecule has 1 N–H and O–H groups in total. The first-order valence-corrected chi connectivity index (χ1v) is 3.92. The highest BCUT2D eigenvalue weighted by atomic mass is 127. The third kappa shape index (κ3) is 2.34. The van der Waals surface area contributed by atoms with E-state index in [0.29, 0.717) is 0 Å². The van der Waals surface area contributed by atoms with E-state index < -0.39 is 4.92 Å². The van der Waals surface area contributed by atoms with Gasteiger partial charge >= 0.3 is 0 Å². The van der Waals surface area contributed by atoms with Gasteiger partial charge in [0.25, 0.3) is 0 Å². The molecule has 5 heteroatoms. The van der Waals surface area contributed by atoms with Gasteiger partial charge in [0, 0.05) is 15.8 Å². The number of aromatic nitrogens is 1. The average Bonchev–Trinajstić information content (AvgIpc) is 2.31. The van der Waals surface area contributed by atoms with Crippen LogP contribution >= 0.6 is 22.6 Å². The molecule has 58 valence electrons. The van der Waals surface area contributed by atoms with Crippen molar-refractivity contribution >= 4 is 28.7 Å². The average molecular weight is 264 g/mol. The van der Waals surface area contributed by atoms with Crippen LogP contribution in [0.5, 0.6) is 0 Å². The lowest BCUT2D eigenvalue weighted by atomic mass is 10.4. The monoisotopic (exact) mass is 264 g/mol. The fourth-order valence-electron chi connectivity index (χ4n) is 0.626. The van der Waals surface area contributed by atoms with Crippen molar-refractivity contribution < 1.29 is 4.92 Å². The van der Waals surface area contributed by atoms with Crippen LogP contribution in [0.4, 0.5) is 0 Å². The number of hydrogen-bond donors (Lipinski definition) is 1. The maximum atomic E-state index is 9.91. The molecular weight excluding hydrogens is 259 g/mol.